The molecule has 0 aliphatic carbocycles. The van der Waals surface area contributed by atoms with E-state index in [1.165, 1.54) is 7.11 Å². The van der Waals surface area contributed by atoms with Crippen LogP contribution >= 0.6 is 0 Å². The molecule has 0 aromatic rings. The van der Waals surface area contributed by atoms with Gasteiger partial charge in [-0.05, 0) is 24.8 Å². The number of methoxy groups -OCH3 is 1. The van der Waals surface area contributed by atoms with Crippen molar-refractivity contribution in [1.29, 1.82) is 0 Å². The molecule has 1 N–H and O–H groups in total. The zero-order valence-corrected chi connectivity index (χ0v) is 11.2. The standard InChI is InChI=1S/C13H25NO2/c1-6-12(13(15)16-5)7-8-14-9-11(4)10(2)3/h7,10-11,14H,6,8-9H2,1-5H3. The Kier molecular flexibility index (Phi) is 7.90. The fourth-order valence-corrected chi connectivity index (χ4v) is 1.25. The number of hydrogen-bond acceptors (Lipinski definition) is 3. The highest BCUT2D eigenvalue weighted by molar-refractivity contribution is 5.88. The largest absolute Gasteiger partial charge is 0.466 e. The monoisotopic (exact) mass is 227 g/mol. The molecule has 1 atom stereocenters. The first kappa shape index (κ1) is 15.2. The van der Waals surface area contributed by atoms with Crippen LogP contribution in [0.25, 0.3) is 0 Å². The van der Waals surface area contributed by atoms with E-state index in [9.17, 15) is 4.79 Å². The molecule has 1 unspecified atom stereocenters. The number of hydrogen-bond donors (Lipinski definition) is 1. The number of ether oxygens (including phenoxy) is 1. The van der Waals surface area contributed by atoms with E-state index in [4.69, 9.17) is 0 Å². The molecule has 0 rings (SSSR count). The summed E-state index contributed by atoms with van der Waals surface area (Å²) in [4.78, 5) is 11.3. The van der Waals surface area contributed by atoms with E-state index >= 15 is 0 Å². The van der Waals surface area contributed by atoms with Crippen molar-refractivity contribution >= 4 is 5.97 Å². The molecule has 0 aromatic heterocycles. The molecule has 0 fully saturated rings. The molecule has 16 heavy (non-hydrogen) atoms. The minimum Gasteiger partial charge on any atom is -0.466 e. The summed E-state index contributed by atoms with van der Waals surface area (Å²) < 4.78 is 4.68. The second-order valence-corrected chi connectivity index (χ2v) is 4.45. The first-order valence-electron chi connectivity index (χ1n) is 6.00. The van der Waals surface area contributed by atoms with Crippen LogP contribution < -0.4 is 5.32 Å². The second kappa shape index (κ2) is 8.34. The predicted octanol–water partition coefficient (Wildman–Crippen LogP) is 2.38. The molecule has 3 nitrogen and oxygen atoms in total. The Bertz CT molecular complexity index is 234. The number of carbonyl (C=O) groups excluding carboxylic acids is 1. The highest BCUT2D eigenvalue weighted by atomic mass is 16.5. The van der Waals surface area contributed by atoms with Crippen LogP contribution in [0.3, 0.4) is 0 Å². The average molecular weight is 227 g/mol. The molecule has 94 valence electrons. The van der Waals surface area contributed by atoms with E-state index in [0.29, 0.717) is 18.3 Å². The first-order valence-corrected chi connectivity index (χ1v) is 6.00. The molecular formula is C13H25NO2. The van der Waals surface area contributed by atoms with Gasteiger partial charge in [-0.2, -0.15) is 0 Å². The third-order valence-electron chi connectivity index (χ3n) is 2.93. The normalized spacial score (nSPS) is 14.0. The van der Waals surface area contributed by atoms with E-state index in [1.807, 2.05) is 13.0 Å². The van der Waals surface area contributed by atoms with Gasteiger partial charge in [-0.25, -0.2) is 4.79 Å². The minimum atomic E-state index is -0.221. The number of rotatable bonds is 7. The summed E-state index contributed by atoms with van der Waals surface area (Å²) in [6.45, 7) is 10.3. The van der Waals surface area contributed by atoms with Crippen molar-refractivity contribution in [3.63, 3.8) is 0 Å². The average Bonchev–Trinajstić information content (AvgIpc) is 2.27. The maximum absolute atomic E-state index is 11.3. The van der Waals surface area contributed by atoms with E-state index < -0.39 is 0 Å². The van der Waals surface area contributed by atoms with E-state index in [-0.39, 0.29) is 5.97 Å². The molecule has 0 saturated heterocycles. The van der Waals surface area contributed by atoms with Gasteiger partial charge in [-0.1, -0.05) is 33.8 Å². The van der Waals surface area contributed by atoms with Crippen molar-refractivity contribution in [3.05, 3.63) is 11.6 Å². The Morgan fingerprint density at radius 1 is 1.38 bits per heavy atom. The van der Waals surface area contributed by atoms with Gasteiger partial charge in [0.25, 0.3) is 0 Å². The van der Waals surface area contributed by atoms with E-state index in [1.54, 1.807) is 0 Å². The van der Waals surface area contributed by atoms with Crippen LogP contribution in [0.2, 0.25) is 0 Å². The van der Waals surface area contributed by atoms with Gasteiger partial charge in [0.15, 0.2) is 0 Å². The molecule has 0 bridgehead atoms. The topological polar surface area (TPSA) is 38.3 Å². The van der Waals surface area contributed by atoms with Crippen LogP contribution in [0.15, 0.2) is 11.6 Å². The van der Waals surface area contributed by atoms with Gasteiger partial charge in [0, 0.05) is 12.1 Å². The summed E-state index contributed by atoms with van der Waals surface area (Å²) in [5.74, 6) is 1.11. The highest BCUT2D eigenvalue weighted by Gasteiger charge is 2.07. The van der Waals surface area contributed by atoms with E-state index in [2.05, 4.69) is 30.8 Å². The van der Waals surface area contributed by atoms with Crippen LogP contribution in [-0.2, 0) is 9.53 Å². The van der Waals surface area contributed by atoms with Crippen molar-refractivity contribution < 1.29 is 9.53 Å². The summed E-state index contributed by atoms with van der Waals surface area (Å²) in [7, 11) is 1.42. The Labute approximate surface area is 99.3 Å². The molecule has 0 radical (unpaired) electrons. The Balaban J connectivity index is 3.93. The maximum Gasteiger partial charge on any atom is 0.333 e. The molecular weight excluding hydrogens is 202 g/mol. The van der Waals surface area contributed by atoms with Crippen molar-refractivity contribution in [2.24, 2.45) is 11.8 Å². The number of carbonyl (C=O) groups is 1. The zero-order chi connectivity index (χ0) is 12.6. The summed E-state index contributed by atoms with van der Waals surface area (Å²) in [6.07, 6.45) is 2.63. The SMILES string of the molecule is CCC(=CCNCC(C)C(C)C)C(=O)OC. The van der Waals surface area contributed by atoms with Gasteiger partial charge >= 0.3 is 5.97 Å². The van der Waals surface area contributed by atoms with Gasteiger partial charge in [-0.15, -0.1) is 0 Å². The van der Waals surface area contributed by atoms with Crippen LogP contribution in [-0.4, -0.2) is 26.2 Å². The summed E-state index contributed by atoms with van der Waals surface area (Å²) >= 11 is 0. The second-order valence-electron chi connectivity index (χ2n) is 4.45. The van der Waals surface area contributed by atoms with Crippen molar-refractivity contribution in [1.82, 2.24) is 5.32 Å². The Hall–Kier alpha value is -0.830. The van der Waals surface area contributed by atoms with Gasteiger partial charge in [-0.3, -0.25) is 0 Å². The fraction of sp³-hybridized carbons (Fsp3) is 0.769. The summed E-state index contributed by atoms with van der Waals surface area (Å²) in [5.41, 5.74) is 0.743. The van der Waals surface area contributed by atoms with Crippen LogP contribution in [0.1, 0.15) is 34.1 Å². The quantitative estimate of drug-likeness (QED) is 0.412. The smallest absolute Gasteiger partial charge is 0.333 e. The molecule has 0 saturated carbocycles. The summed E-state index contributed by atoms with van der Waals surface area (Å²) in [6, 6.07) is 0. The number of esters is 1. The first-order chi connectivity index (χ1) is 7.52. The Morgan fingerprint density at radius 3 is 2.44 bits per heavy atom. The zero-order valence-electron chi connectivity index (χ0n) is 11.2. The maximum atomic E-state index is 11.3. The molecule has 0 aliphatic rings. The van der Waals surface area contributed by atoms with Gasteiger partial charge in [0.2, 0.25) is 0 Å². The number of nitrogens with one attached hydrogen (secondary N) is 1. The summed E-state index contributed by atoms with van der Waals surface area (Å²) in [5, 5.41) is 3.33. The third kappa shape index (κ3) is 5.91. The van der Waals surface area contributed by atoms with E-state index in [0.717, 1.165) is 18.7 Å². The van der Waals surface area contributed by atoms with Crippen LogP contribution in [0, 0.1) is 11.8 Å². The van der Waals surface area contributed by atoms with Crippen LogP contribution in [0.4, 0.5) is 0 Å². The lowest BCUT2D eigenvalue weighted by molar-refractivity contribution is -0.136. The van der Waals surface area contributed by atoms with Gasteiger partial charge in [0.1, 0.15) is 0 Å². The van der Waals surface area contributed by atoms with Crippen molar-refractivity contribution in [3.8, 4) is 0 Å². The van der Waals surface area contributed by atoms with Crippen LogP contribution in [0.5, 0.6) is 0 Å². The fourth-order valence-electron chi connectivity index (χ4n) is 1.25. The molecule has 0 heterocycles. The third-order valence-corrected chi connectivity index (χ3v) is 2.93. The molecule has 0 aromatic carbocycles. The lowest BCUT2D eigenvalue weighted by Crippen LogP contribution is -2.24. The van der Waals surface area contributed by atoms with Gasteiger partial charge in [0.05, 0.1) is 7.11 Å². The van der Waals surface area contributed by atoms with Crippen molar-refractivity contribution in [2.75, 3.05) is 20.2 Å². The Morgan fingerprint density at radius 2 is 2.00 bits per heavy atom. The lowest BCUT2D eigenvalue weighted by Gasteiger charge is -2.15. The predicted molar refractivity (Wildman–Crippen MR) is 67.3 cm³/mol. The molecule has 0 amide bonds. The molecule has 0 aliphatic heterocycles. The minimum absolute atomic E-state index is 0.221. The highest BCUT2D eigenvalue weighted by Crippen LogP contribution is 2.07. The van der Waals surface area contributed by atoms with Crippen molar-refractivity contribution in [2.45, 2.75) is 34.1 Å². The molecule has 3 heteroatoms. The lowest BCUT2D eigenvalue weighted by atomic mass is 9.98. The van der Waals surface area contributed by atoms with Gasteiger partial charge < -0.3 is 10.1 Å². The molecule has 0 spiro atoms.